The monoisotopic (exact) mass is 273 g/mol. The Balaban J connectivity index is 2.03. The molecule has 1 aromatic carbocycles. The highest BCUT2D eigenvalue weighted by Gasteiger charge is 2.37. The molecule has 1 atom stereocenters. The lowest BCUT2D eigenvalue weighted by Crippen LogP contribution is -2.40. The smallest absolute Gasteiger partial charge is 0.143 e. The lowest BCUT2D eigenvalue weighted by Gasteiger charge is -2.36. The lowest BCUT2D eigenvalue weighted by atomic mass is 9.71. The van der Waals surface area contributed by atoms with E-state index >= 15 is 0 Å². The molecule has 1 aliphatic rings. The SMILES string of the molecule is CCc1ccc(N(C)CC2CCCC(C)(C)C2=O)cc1. The quantitative estimate of drug-likeness (QED) is 0.824. The van der Waals surface area contributed by atoms with Crippen LogP contribution in [0.25, 0.3) is 0 Å². The van der Waals surface area contributed by atoms with E-state index in [-0.39, 0.29) is 11.3 Å². The molecular formula is C18H27NO. The molecule has 0 radical (unpaired) electrons. The van der Waals surface area contributed by atoms with Crippen LogP contribution in [0, 0.1) is 11.3 Å². The minimum absolute atomic E-state index is 0.129. The van der Waals surface area contributed by atoms with Gasteiger partial charge in [0, 0.05) is 30.6 Å². The van der Waals surface area contributed by atoms with Crippen molar-refractivity contribution >= 4 is 11.5 Å². The van der Waals surface area contributed by atoms with Gasteiger partial charge >= 0.3 is 0 Å². The van der Waals surface area contributed by atoms with Crippen molar-refractivity contribution in [2.45, 2.75) is 46.5 Å². The van der Waals surface area contributed by atoms with Crippen molar-refractivity contribution in [2.24, 2.45) is 11.3 Å². The molecule has 110 valence electrons. The summed E-state index contributed by atoms with van der Waals surface area (Å²) in [5, 5.41) is 0. The van der Waals surface area contributed by atoms with Gasteiger partial charge in [0.15, 0.2) is 0 Å². The van der Waals surface area contributed by atoms with Crippen molar-refractivity contribution in [1.29, 1.82) is 0 Å². The number of carbonyl (C=O) groups is 1. The van der Waals surface area contributed by atoms with Crippen LogP contribution in [-0.2, 0) is 11.2 Å². The summed E-state index contributed by atoms with van der Waals surface area (Å²) in [6.45, 7) is 7.20. The van der Waals surface area contributed by atoms with Gasteiger partial charge in [0.05, 0.1) is 0 Å². The Bertz CT molecular complexity index is 461. The van der Waals surface area contributed by atoms with Gasteiger partial charge in [0.25, 0.3) is 0 Å². The highest BCUT2D eigenvalue weighted by Crippen LogP contribution is 2.36. The summed E-state index contributed by atoms with van der Waals surface area (Å²) in [6, 6.07) is 8.69. The van der Waals surface area contributed by atoms with Crippen molar-refractivity contribution in [2.75, 3.05) is 18.5 Å². The highest BCUT2D eigenvalue weighted by atomic mass is 16.1. The van der Waals surface area contributed by atoms with E-state index in [0.29, 0.717) is 5.78 Å². The van der Waals surface area contributed by atoms with E-state index in [9.17, 15) is 4.79 Å². The maximum atomic E-state index is 12.5. The molecule has 20 heavy (non-hydrogen) atoms. The molecular weight excluding hydrogens is 246 g/mol. The first-order chi connectivity index (χ1) is 9.44. The zero-order chi connectivity index (χ0) is 14.8. The Morgan fingerprint density at radius 1 is 1.25 bits per heavy atom. The Kier molecular flexibility index (Phi) is 4.52. The number of benzene rings is 1. The minimum Gasteiger partial charge on any atom is -0.374 e. The number of hydrogen-bond donors (Lipinski definition) is 0. The van der Waals surface area contributed by atoms with E-state index in [1.54, 1.807) is 0 Å². The first kappa shape index (κ1) is 15.1. The Morgan fingerprint density at radius 3 is 2.50 bits per heavy atom. The first-order valence-corrected chi connectivity index (χ1v) is 7.78. The predicted octanol–water partition coefficient (Wildman–Crippen LogP) is 4.08. The molecule has 1 aliphatic carbocycles. The van der Waals surface area contributed by atoms with Crippen LogP contribution < -0.4 is 4.90 Å². The first-order valence-electron chi connectivity index (χ1n) is 7.78. The fraction of sp³-hybridized carbons (Fsp3) is 0.611. The Labute approximate surface area is 123 Å². The fourth-order valence-electron chi connectivity index (χ4n) is 3.19. The van der Waals surface area contributed by atoms with Crippen LogP contribution in [0.3, 0.4) is 0 Å². The summed E-state index contributed by atoms with van der Waals surface area (Å²) in [5.41, 5.74) is 2.44. The van der Waals surface area contributed by atoms with Crippen molar-refractivity contribution in [1.82, 2.24) is 0 Å². The Morgan fingerprint density at radius 2 is 1.90 bits per heavy atom. The summed E-state index contributed by atoms with van der Waals surface area (Å²) in [5.74, 6) is 0.635. The largest absolute Gasteiger partial charge is 0.374 e. The van der Waals surface area contributed by atoms with Crippen LogP contribution in [0.1, 0.15) is 45.6 Å². The third-order valence-corrected chi connectivity index (χ3v) is 4.67. The third kappa shape index (κ3) is 3.23. The summed E-state index contributed by atoms with van der Waals surface area (Å²) < 4.78 is 0. The molecule has 1 saturated carbocycles. The summed E-state index contributed by atoms with van der Waals surface area (Å²) in [7, 11) is 2.09. The molecule has 0 N–H and O–H groups in total. The molecule has 2 rings (SSSR count). The van der Waals surface area contributed by atoms with Crippen molar-refractivity contribution in [3.05, 3.63) is 29.8 Å². The van der Waals surface area contributed by atoms with E-state index in [0.717, 1.165) is 25.8 Å². The lowest BCUT2D eigenvalue weighted by molar-refractivity contribution is -0.133. The van der Waals surface area contributed by atoms with Gasteiger partial charge in [-0.25, -0.2) is 0 Å². The molecule has 0 spiro atoms. The standard InChI is InChI=1S/C18H27NO/c1-5-14-8-10-16(11-9-14)19(4)13-15-7-6-12-18(2,3)17(15)20/h8-11,15H,5-7,12-13H2,1-4H3. The van der Waals surface area contributed by atoms with Gasteiger partial charge in [0.2, 0.25) is 0 Å². The van der Waals surface area contributed by atoms with Gasteiger partial charge < -0.3 is 4.90 Å². The molecule has 0 aromatic heterocycles. The number of nitrogens with zero attached hydrogens (tertiary/aromatic N) is 1. The average Bonchev–Trinajstić information content (AvgIpc) is 2.44. The van der Waals surface area contributed by atoms with Crippen molar-refractivity contribution in [3.8, 4) is 0 Å². The fourth-order valence-corrected chi connectivity index (χ4v) is 3.19. The van der Waals surface area contributed by atoms with Crippen LogP contribution in [0.15, 0.2) is 24.3 Å². The number of Topliss-reactive ketones (excluding diaryl/α,β-unsaturated/α-hetero) is 1. The second-order valence-electron chi connectivity index (χ2n) is 6.74. The number of aryl methyl sites for hydroxylation is 1. The Hall–Kier alpha value is -1.31. The normalized spacial score (nSPS) is 21.8. The van der Waals surface area contributed by atoms with Gasteiger partial charge in [0.1, 0.15) is 5.78 Å². The third-order valence-electron chi connectivity index (χ3n) is 4.67. The number of carbonyl (C=O) groups excluding carboxylic acids is 1. The average molecular weight is 273 g/mol. The van der Waals surface area contributed by atoms with Gasteiger partial charge in [-0.3, -0.25) is 4.79 Å². The van der Waals surface area contributed by atoms with E-state index in [2.05, 4.69) is 57.0 Å². The molecule has 1 fully saturated rings. The summed E-state index contributed by atoms with van der Waals surface area (Å²) in [6.07, 6.45) is 4.32. The molecule has 1 unspecified atom stereocenters. The van der Waals surface area contributed by atoms with Crippen LogP contribution in [0.2, 0.25) is 0 Å². The topological polar surface area (TPSA) is 20.3 Å². The predicted molar refractivity (Wildman–Crippen MR) is 85.2 cm³/mol. The maximum Gasteiger partial charge on any atom is 0.143 e. The van der Waals surface area contributed by atoms with Crippen molar-refractivity contribution in [3.63, 3.8) is 0 Å². The maximum absolute atomic E-state index is 12.5. The van der Waals surface area contributed by atoms with Gasteiger partial charge in [-0.2, -0.15) is 0 Å². The highest BCUT2D eigenvalue weighted by molar-refractivity contribution is 5.87. The van der Waals surface area contributed by atoms with Gasteiger partial charge in [-0.05, 0) is 37.0 Å². The van der Waals surface area contributed by atoms with E-state index in [1.807, 2.05) is 0 Å². The van der Waals surface area contributed by atoms with Crippen LogP contribution in [-0.4, -0.2) is 19.4 Å². The molecule has 2 heteroatoms. The molecule has 0 amide bonds. The molecule has 0 bridgehead atoms. The zero-order valence-corrected chi connectivity index (χ0v) is 13.3. The van der Waals surface area contributed by atoms with Gasteiger partial charge in [-0.1, -0.05) is 39.3 Å². The minimum atomic E-state index is -0.129. The zero-order valence-electron chi connectivity index (χ0n) is 13.3. The molecule has 2 nitrogen and oxygen atoms in total. The number of hydrogen-bond acceptors (Lipinski definition) is 2. The van der Waals surface area contributed by atoms with E-state index < -0.39 is 0 Å². The van der Waals surface area contributed by atoms with Gasteiger partial charge in [-0.15, -0.1) is 0 Å². The second-order valence-corrected chi connectivity index (χ2v) is 6.74. The van der Waals surface area contributed by atoms with Crippen LogP contribution in [0.5, 0.6) is 0 Å². The van der Waals surface area contributed by atoms with E-state index in [1.165, 1.54) is 17.7 Å². The van der Waals surface area contributed by atoms with Crippen molar-refractivity contribution < 1.29 is 4.79 Å². The number of anilines is 1. The molecule has 0 aliphatic heterocycles. The summed E-state index contributed by atoms with van der Waals surface area (Å²) in [4.78, 5) is 14.7. The number of ketones is 1. The second kappa shape index (κ2) is 5.99. The van der Waals surface area contributed by atoms with E-state index in [4.69, 9.17) is 0 Å². The van der Waals surface area contributed by atoms with Crippen LogP contribution in [0.4, 0.5) is 5.69 Å². The molecule has 1 aromatic rings. The summed E-state index contributed by atoms with van der Waals surface area (Å²) >= 11 is 0. The molecule has 0 heterocycles. The molecule has 0 saturated heterocycles. The number of rotatable bonds is 4. The van der Waals surface area contributed by atoms with Crippen LogP contribution >= 0.6 is 0 Å².